The third-order valence-corrected chi connectivity index (χ3v) is 9.45. The van der Waals surface area contributed by atoms with Gasteiger partial charge in [-0.15, -0.1) is 0 Å². The number of aliphatic imine (C=N–C) groups is 1. The number of hydrogen-bond donors (Lipinski definition) is 2. The zero-order chi connectivity index (χ0) is 26.6. The Balaban J connectivity index is 1.21. The normalized spacial score (nSPS) is 26.7. The zero-order valence-electron chi connectivity index (χ0n) is 22.4. The molecular formula is C30H37FN6O. The summed E-state index contributed by atoms with van der Waals surface area (Å²) in [6.45, 7) is 9.24. The second-order valence-corrected chi connectivity index (χ2v) is 12.1. The van der Waals surface area contributed by atoms with Crippen molar-refractivity contribution in [3.05, 3.63) is 70.5 Å². The highest BCUT2D eigenvalue weighted by Crippen LogP contribution is 2.61. The lowest BCUT2D eigenvalue weighted by molar-refractivity contribution is -0.108. The van der Waals surface area contributed by atoms with Crippen molar-refractivity contribution in [2.45, 2.75) is 58.7 Å². The summed E-state index contributed by atoms with van der Waals surface area (Å²) in [7, 11) is 0. The zero-order valence-corrected chi connectivity index (χ0v) is 22.4. The maximum absolute atomic E-state index is 13.2. The number of hydrogen-bond acceptors (Lipinski definition) is 4. The van der Waals surface area contributed by atoms with Crippen molar-refractivity contribution < 1.29 is 4.39 Å². The molecule has 1 saturated heterocycles. The van der Waals surface area contributed by atoms with E-state index in [1.54, 1.807) is 23.0 Å². The van der Waals surface area contributed by atoms with Crippen molar-refractivity contribution in [3.8, 4) is 0 Å². The predicted molar refractivity (Wildman–Crippen MR) is 150 cm³/mol. The molecule has 7 nitrogen and oxygen atoms in total. The summed E-state index contributed by atoms with van der Waals surface area (Å²) < 4.78 is 14.8. The smallest absolute Gasteiger partial charge is 0.261 e. The molecule has 38 heavy (non-hydrogen) atoms. The van der Waals surface area contributed by atoms with Gasteiger partial charge in [0.2, 0.25) is 0 Å². The monoisotopic (exact) mass is 516 g/mol. The molecule has 3 saturated carbocycles. The van der Waals surface area contributed by atoms with Crippen molar-refractivity contribution >= 4 is 22.5 Å². The topological polar surface area (TPSA) is 88.5 Å². The van der Waals surface area contributed by atoms with Crippen molar-refractivity contribution in [2.24, 2.45) is 33.9 Å². The number of aromatic nitrogens is 2. The number of benzene rings is 2. The van der Waals surface area contributed by atoms with E-state index in [1.807, 2.05) is 18.2 Å². The number of guanidine groups is 1. The Morgan fingerprint density at radius 3 is 2.63 bits per heavy atom. The van der Waals surface area contributed by atoms with Gasteiger partial charge in [-0.2, -0.15) is 0 Å². The van der Waals surface area contributed by atoms with Gasteiger partial charge in [0.15, 0.2) is 5.96 Å². The second kappa shape index (κ2) is 9.49. The number of anilines is 1. The number of halogens is 1. The number of aryl methyl sites for hydroxylation is 2. The number of likely N-dealkylation sites (tertiary alicyclic amines) is 1. The van der Waals surface area contributed by atoms with Crippen molar-refractivity contribution in [1.29, 1.82) is 0 Å². The van der Waals surface area contributed by atoms with Crippen LogP contribution in [0.25, 0.3) is 10.9 Å². The minimum absolute atomic E-state index is 0.0795. The molecule has 8 heteroatoms. The summed E-state index contributed by atoms with van der Waals surface area (Å²) in [5.41, 5.74) is 8.94. The predicted octanol–water partition coefficient (Wildman–Crippen LogP) is 4.26. The summed E-state index contributed by atoms with van der Waals surface area (Å²) in [4.78, 5) is 25.2. The summed E-state index contributed by atoms with van der Waals surface area (Å²) in [6, 6.07) is 12.5. The van der Waals surface area contributed by atoms with Crippen molar-refractivity contribution in [1.82, 2.24) is 14.5 Å². The van der Waals surface area contributed by atoms with E-state index in [9.17, 15) is 9.18 Å². The maximum Gasteiger partial charge on any atom is 0.261 e. The highest BCUT2D eigenvalue weighted by atomic mass is 19.1. The van der Waals surface area contributed by atoms with E-state index >= 15 is 0 Å². The summed E-state index contributed by atoms with van der Waals surface area (Å²) in [5, 5.41) is 4.11. The third-order valence-electron chi connectivity index (χ3n) is 9.45. The van der Waals surface area contributed by atoms with Crippen molar-refractivity contribution in [3.63, 3.8) is 0 Å². The average Bonchev–Trinajstić information content (AvgIpc) is 2.88. The van der Waals surface area contributed by atoms with Crippen LogP contribution in [0.2, 0.25) is 0 Å². The highest BCUT2D eigenvalue weighted by molar-refractivity contribution is 5.96. The van der Waals surface area contributed by atoms with Crippen LogP contribution < -0.4 is 16.6 Å². The van der Waals surface area contributed by atoms with E-state index in [4.69, 9.17) is 10.7 Å². The summed E-state index contributed by atoms with van der Waals surface area (Å²) in [5.74, 6) is 2.63. The molecule has 0 radical (unpaired) electrons. The van der Waals surface area contributed by atoms with E-state index in [-0.39, 0.29) is 17.4 Å². The van der Waals surface area contributed by atoms with Crippen LogP contribution in [0.5, 0.6) is 0 Å². The molecule has 3 N–H and O–H groups in total. The van der Waals surface area contributed by atoms with E-state index in [0.29, 0.717) is 41.2 Å². The number of nitrogens with one attached hydrogen (secondary N) is 1. The second-order valence-electron chi connectivity index (χ2n) is 12.1. The van der Waals surface area contributed by atoms with Gasteiger partial charge < -0.3 is 16.0 Å². The van der Waals surface area contributed by atoms with Crippen LogP contribution in [-0.2, 0) is 13.0 Å². The van der Waals surface area contributed by atoms with Crippen LogP contribution in [0.4, 0.5) is 10.1 Å². The van der Waals surface area contributed by atoms with Crippen LogP contribution in [0.1, 0.15) is 39.2 Å². The fourth-order valence-corrected chi connectivity index (χ4v) is 6.75. The molecule has 3 aromatic rings. The van der Waals surface area contributed by atoms with Gasteiger partial charge in [-0.3, -0.25) is 9.36 Å². The molecule has 1 unspecified atom stereocenters. The molecule has 1 aromatic heterocycles. The first kappa shape index (κ1) is 25.0. The Labute approximate surface area is 223 Å². The molecule has 0 spiro atoms. The van der Waals surface area contributed by atoms with Crippen LogP contribution in [0.15, 0.2) is 58.6 Å². The van der Waals surface area contributed by atoms with Crippen LogP contribution >= 0.6 is 0 Å². The average molecular weight is 517 g/mol. The molecule has 4 atom stereocenters. The third kappa shape index (κ3) is 4.49. The van der Waals surface area contributed by atoms with E-state index in [1.165, 1.54) is 18.6 Å². The standard InChI is InChI=1S/C30H37FN6O/c1-18-25-12-20(30(25,2)3)13-26(18)35-29(37-15-22(32)16-37)34-23-8-9-24-27(14-23)33-17-36(28(24)38)11-10-19-4-6-21(31)7-5-19/h4-9,14,17-18,20,22,25-26H,10-13,15-16,32H2,1-3H3,(H,34,35)/t18-,20+,25-,26?/m0/s1. The SMILES string of the molecule is C[C@@H]1C(/N=C(/Nc2ccc3c(=O)n(CCc4ccc(F)cc4)cnc3c2)N2CC(N)C2)C[C@H]2C[C@@H]1C2(C)C. The van der Waals surface area contributed by atoms with Gasteiger partial charge in [-0.1, -0.05) is 32.9 Å². The van der Waals surface area contributed by atoms with Gasteiger partial charge >= 0.3 is 0 Å². The van der Waals surface area contributed by atoms with Gasteiger partial charge in [0.1, 0.15) is 5.82 Å². The molecule has 1 aliphatic heterocycles. The van der Waals surface area contributed by atoms with Crippen LogP contribution in [0, 0.1) is 29.0 Å². The quantitative estimate of drug-likeness (QED) is 0.391. The van der Waals surface area contributed by atoms with Gasteiger partial charge in [0, 0.05) is 31.4 Å². The number of nitrogens with zero attached hydrogens (tertiary/aromatic N) is 4. The molecule has 4 aliphatic rings. The Morgan fingerprint density at radius 2 is 1.95 bits per heavy atom. The fourth-order valence-electron chi connectivity index (χ4n) is 6.75. The Kier molecular flexibility index (Phi) is 6.25. The van der Waals surface area contributed by atoms with Crippen LogP contribution in [0.3, 0.4) is 0 Å². The van der Waals surface area contributed by atoms with E-state index in [0.717, 1.165) is 48.6 Å². The lowest BCUT2D eigenvalue weighted by Gasteiger charge is -2.61. The first-order chi connectivity index (χ1) is 18.2. The summed E-state index contributed by atoms with van der Waals surface area (Å²) in [6.07, 6.45) is 4.68. The molecular weight excluding hydrogens is 479 g/mol. The Hall–Kier alpha value is -3.26. The molecule has 200 valence electrons. The number of rotatable bonds is 5. The first-order valence-electron chi connectivity index (χ1n) is 13.8. The van der Waals surface area contributed by atoms with Crippen LogP contribution in [-0.4, -0.2) is 45.6 Å². The number of nitrogens with two attached hydrogens (primary N) is 1. The molecule has 0 amide bonds. The lowest BCUT2D eigenvalue weighted by atomic mass is 9.45. The van der Waals surface area contributed by atoms with Crippen molar-refractivity contribution in [2.75, 3.05) is 18.4 Å². The lowest BCUT2D eigenvalue weighted by Crippen LogP contribution is -2.60. The Morgan fingerprint density at radius 1 is 1.18 bits per heavy atom. The Bertz CT molecular complexity index is 1420. The van der Waals surface area contributed by atoms with Gasteiger partial charge in [0.25, 0.3) is 5.56 Å². The van der Waals surface area contributed by atoms with Gasteiger partial charge in [-0.25, -0.2) is 14.4 Å². The molecule has 3 aliphatic carbocycles. The molecule has 2 bridgehead atoms. The summed E-state index contributed by atoms with van der Waals surface area (Å²) >= 11 is 0. The first-order valence-corrected chi connectivity index (χ1v) is 13.8. The van der Waals surface area contributed by atoms with E-state index in [2.05, 4.69) is 36.0 Å². The van der Waals surface area contributed by atoms with E-state index < -0.39 is 0 Å². The molecule has 7 rings (SSSR count). The highest BCUT2D eigenvalue weighted by Gasteiger charge is 2.56. The fraction of sp³-hybridized carbons (Fsp3) is 0.500. The maximum atomic E-state index is 13.2. The molecule has 2 heterocycles. The largest absolute Gasteiger partial charge is 0.339 e. The van der Waals surface area contributed by atoms with Gasteiger partial charge in [-0.05, 0) is 78.3 Å². The minimum atomic E-state index is -0.262. The molecule has 4 fully saturated rings. The van der Waals surface area contributed by atoms with Gasteiger partial charge in [0.05, 0.1) is 23.3 Å². The number of fused-ring (bicyclic) bond motifs is 3. The molecule has 2 aromatic carbocycles. The minimum Gasteiger partial charge on any atom is -0.339 e.